The lowest BCUT2D eigenvalue weighted by Gasteiger charge is -2.38. The Morgan fingerprint density at radius 2 is 0.894 bits per heavy atom. The van der Waals surface area contributed by atoms with Crippen molar-refractivity contribution < 1.29 is 47.2 Å². The van der Waals surface area contributed by atoms with Crippen LogP contribution in [-0.4, -0.2) is 23.0 Å². The lowest BCUT2D eigenvalue weighted by molar-refractivity contribution is -0.166. The summed E-state index contributed by atoms with van der Waals surface area (Å²) in [6.45, 7) is 2.77. The molecule has 0 heterocycles. The molecule has 5 aromatic carbocycles. The SMILES string of the molecule is Cc1cc(C(c2ccccc2)(c2ccc(OS(=O)(=O)c3ccc(F)cc3)c(C)c2)C(F)(F)F)ccc1OS(=O)(=O)c1ccc(F)cc1. The molecule has 0 radical (unpaired) electrons. The standard InChI is InChI=1S/C34H25F5O6S2/c1-22-20-25(8-18-31(22)44-46(40,41)29-14-10-27(35)11-15-29)33(34(37,38)39,24-6-4-3-5-7-24)26-9-19-32(23(2)21-26)45-47(42,43)30-16-12-28(36)13-17-30/h3-21H,1-2H3. The van der Waals surface area contributed by atoms with E-state index < -0.39 is 43.5 Å². The number of aryl methyl sites for hydroxylation is 2. The number of rotatable bonds is 9. The van der Waals surface area contributed by atoms with Crippen molar-refractivity contribution in [2.45, 2.75) is 35.2 Å². The van der Waals surface area contributed by atoms with Crippen molar-refractivity contribution in [3.63, 3.8) is 0 Å². The van der Waals surface area contributed by atoms with Crippen molar-refractivity contribution in [3.8, 4) is 11.5 Å². The summed E-state index contributed by atoms with van der Waals surface area (Å²) in [5, 5.41) is 0. The summed E-state index contributed by atoms with van der Waals surface area (Å²) in [7, 11) is -8.90. The van der Waals surface area contributed by atoms with Gasteiger partial charge in [0.1, 0.15) is 38.3 Å². The fourth-order valence-electron chi connectivity index (χ4n) is 5.17. The second-order valence-electron chi connectivity index (χ2n) is 10.6. The first-order valence-electron chi connectivity index (χ1n) is 13.8. The van der Waals surface area contributed by atoms with Crippen LogP contribution in [0.5, 0.6) is 11.5 Å². The van der Waals surface area contributed by atoms with Gasteiger partial charge in [0.05, 0.1) is 0 Å². The lowest BCUT2D eigenvalue weighted by atomic mass is 9.68. The van der Waals surface area contributed by atoms with Gasteiger partial charge in [-0.25, -0.2) is 8.78 Å². The van der Waals surface area contributed by atoms with Crippen LogP contribution < -0.4 is 8.37 Å². The highest BCUT2D eigenvalue weighted by Gasteiger charge is 2.58. The second kappa shape index (κ2) is 12.5. The van der Waals surface area contributed by atoms with Gasteiger partial charge in [0.25, 0.3) is 0 Å². The van der Waals surface area contributed by atoms with Crippen LogP contribution in [0.1, 0.15) is 27.8 Å². The highest BCUT2D eigenvalue weighted by molar-refractivity contribution is 7.87. The average Bonchev–Trinajstić information content (AvgIpc) is 3.00. The van der Waals surface area contributed by atoms with Gasteiger partial charge in [0, 0.05) is 0 Å². The minimum Gasteiger partial charge on any atom is -0.379 e. The van der Waals surface area contributed by atoms with E-state index in [1.54, 1.807) is 6.07 Å². The molecule has 0 amide bonds. The van der Waals surface area contributed by atoms with Gasteiger partial charge < -0.3 is 8.37 Å². The van der Waals surface area contributed by atoms with E-state index in [4.69, 9.17) is 8.37 Å². The molecular weight excluding hydrogens is 663 g/mol. The molecule has 0 fully saturated rings. The molecule has 0 spiro atoms. The zero-order chi connectivity index (χ0) is 34.2. The smallest absolute Gasteiger partial charge is 0.379 e. The first-order valence-corrected chi connectivity index (χ1v) is 16.6. The molecule has 0 unspecified atom stereocenters. The number of halogens is 5. The Morgan fingerprint density at radius 3 is 1.23 bits per heavy atom. The van der Waals surface area contributed by atoms with Gasteiger partial charge in [-0.1, -0.05) is 54.6 Å². The molecule has 0 atom stereocenters. The zero-order valence-electron chi connectivity index (χ0n) is 24.6. The Labute approximate surface area is 268 Å². The molecule has 5 aromatic rings. The molecular formula is C34H25F5O6S2. The van der Waals surface area contributed by atoms with Gasteiger partial charge in [-0.15, -0.1) is 0 Å². The third-order valence-electron chi connectivity index (χ3n) is 7.45. The van der Waals surface area contributed by atoms with Crippen LogP contribution in [0.25, 0.3) is 0 Å². The van der Waals surface area contributed by atoms with Gasteiger partial charge in [-0.05, 0) is 102 Å². The number of hydrogen-bond donors (Lipinski definition) is 0. The molecule has 0 aliphatic rings. The van der Waals surface area contributed by atoms with Gasteiger partial charge in [-0.3, -0.25) is 0 Å². The van der Waals surface area contributed by atoms with Crippen molar-refractivity contribution in [3.05, 3.63) is 155 Å². The molecule has 0 saturated carbocycles. The maximum atomic E-state index is 15.6. The molecule has 0 bridgehead atoms. The summed E-state index contributed by atoms with van der Waals surface area (Å²) >= 11 is 0. The second-order valence-corrected chi connectivity index (χ2v) is 13.6. The maximum Gasteiger partial charge on any atom is 0.406 e. The first-order chi connectivity index (χ1) is 22.0. The quantitative estimate of drug-likeness (QED) is 0.0886. The Kier molecular flexibility index (Phi) is 8.91. The fourth-order valence-corrected chi connectivity index (χ4v) is 7.14. The largest absolute Gasteiger partial charge is 0.406 e. The van der Waals surface area contributed by atoms with E-state index >= 15 is 13.2 Å². The summed E-state index contributed by atoms with van der Waals surface area (Å²) in [4.78, 5) is -0.703. The summed E-state index contributed by atoms with van der Waals surface area (Å²) in [5.74, 6) is -1.82. The van der Waals surface area contributed by atoms with Gasteiger partial charge in [-0.2, -0.15) is 30.0 Å². The summed E-state index contributed by atoms with van der Waals surface area (Å²) in [6.07, 6.45) is -4.99. The molecule has 6 nitrogen and oxygen atoms in total. The normalized spacial score (nSPS) is 12.5. The number of benzene rings is 5. The van der Waals surface area contributed by atoms with Crippen LogP contribution >= 0.6 is 0 Å². The Morgan fingerprint density at radius 1 is 0.511 bits per heavy atom. The van der Waals surface area contributed by atoms with Gasteiger partial charge >= 0.3 is 26.4 Å². The summed E-state index contributed by atoms with van der Waals surface area (Å²) in [5.41, 5.74) is -3.46. The minimum atomic E-state index is -4.99. The molecule has 0 N–H and O–H groups in total. The fraction of sp³-hybridized carbons (Fsp3) is 0.118. The molecule has 47 heavy (non-hydrogen) atoms. The first kappa shape index (κ1) is 33.6. The van der Waals surface area contributed by atoms with Gasteiger partial charge in [0.15, 0.2) is 0 Å². The van der Waals surface area contributed by atoms with Crippen LogP contribution in [0.2, 0.25) is 0 Å². The van der Waals surface area contributed by atoms with E-state index in [2.05, 4.69) is 0 Å². The van der Waals surface area contributed by atoms with Gasteiger partial charge in [0.2, 0.25) is 0 Å². The van der Waals surface area contributed by atoms with Crippen LogP contribution in [0.15, 0.2) is 125 Å². The van der Waals surface area contributed by atoms with E-state index in [9.17, 15) is 25.6 Å². The highest BCUT2D eigenvalue weighted by atomic mass is 32.2. The van der Waals surface area contributed by atoms with Crippen molar-refractivity contribution in [1.82, 2.24) is 0 Å². The topological polar surface area (TPSA) is 86.7 Å². The molecule has 0 aliphatic heterocycles. The molecule has 0 saturated heterocycles. The summed E-state index contributed by atoms with van der Waals surface area (Å²) < 4.78 is 135. The van der Waals surface area contributed by atoms with Crippen molar-refractivity contribution in [2.75, 3.05) is 0 Å². The van der Waals surface area contributed by atoms with Crippen LogP contribution in [0.4, 0.5) is 22.0 Å². The van der Waals surface area contributed by atoms with E-state index in [-0.39, 0.29) is 49.1 Å². The van der Waals surface area contributed by atoms with Crippen LogP contribution in [-0.2, 0) is 25.7 Å². The predicted octanol–water partition coefficient (Wildman–Crippen LogP) is 8.01. The molecule has 244 valence electrons. The predicted molar refractivity (Wildman–Crippen MR) is 163 cm³/mol. The average molecular weight is 689 g/mol. The Balaban J connectivity index is 1.61. The maximum absolute atomic E-state index is 15.6. The van der Waals surface area contributed by atoms with Crippen LogP contribution in [0.3, 0.4) is 0 Å². The Hall–Kier alpha value is -4.75. The van der Waals surface area contributed by atoms with E-state index in [1.807, 2.05) is 0 Å². The third-order valence-corrected chi connectivity index (χ3v) is 9.95. The van der Waals surface area contributed by atoms with Crippen molar-refractivity contribution in [2.24, 2.45) is 0 Å². The van der Waals surface area contributed by atoms with Crippen LogP contribution in [0, 0.1) is 25.5 Å². The minimum absolute atomic E-state index is 0.0554. The number of alkyl halides is 3. The van der Waals surface area contributed by atoms with Crippen molar-refractivity contribution in [1.29, 1.82) is 0 Å². The van der Waals surface area contributed by atoms with Crippen molar-refractivity contribution >= 4 is 20.2 Å². The lowest BCUT2D eigenvalue weighted by Crippen LogP contribution is -2.44. The van der Waals surface area contributed by atoms with E-state index in [0.717, 1.165) is 84.9 Å². The molecule has 13 heteroatoms. The van der Waals surface area contributed by atoms with E-state index in [0.29, 0.717) is 0 Å². The molecule has 5 rings (SSSR count). The molecule has 0 aliphatic carbocycles. The number of hydrogen-bond acceptors (Lipinski definition) is 6. The monoisotopic (exact) mass is 688 g/mol. The van der Waals surface area contributed by atoms with E-state index in [1.165, 1.54) is 38.1 Å². The zero-order valence-corrected chi connectivity index (χ0v) is 26.3. The molecule has 0 aromatic heterocycles. The third kappa shape index (κ3) is 6.58. The Bertz CT molecular complexity index is 2010. The highest BCUT2D eigenvalue weighted by Crippen LogP contribution is 2.52. The summed E-state index contributed by atoms with van der Waals surface area (Å²) in [6, 6.07) is 21.5.